The Balaban J connectivity index is 2.13. The second-order valence-corrected chi connectivity index (χ2v) is 4.81. The molecular weight excluding hydrogens is 222 g/mol. The zero-order valence-corrected chi connectivity index (χ0v) is 11.0. The minimum absolute atomic E-state index is 0.680. The van der Waals surface area contributed by atoms with E-state index >= 15 is 0 Å². The van der Waals surface area contributed by atoms with Gasteiger partial charge in [-0.3, -0.25) is 4.98 Å². The molecule has 3 nitrogen and oxygen atoms in total. The monoisotopic (exact) mass is 243 g/mol. The van der Waals surface area contributed by atoms with E-state index in [9.17, 15) is 0 Å². The van der Waals surface area contributed by atoms with Crippen molar-refractivity contribution in [3.63, 3.8) is 0 Å². The second-order valence-electron chi connectivity index (χ2n) is 4.81. The van der Waals surface area contributed by atoms with E-state index in [2.05, 4.69) is 34.1 Å². The molecular formula is C15H21N3. The van der Waals surface area contributed by atoms with E-state index in [1.807, 2.05) is 12.4 Å². The predicted octanol–water partition coefficient (Wildman–Crippen LogP) is 2.04. The summed E-state index contributed by atoms with van der Waals surface area (Å²) in [6.45, 7) is 5.68. The smallest absolute Gasteiger partial charge is 0.0791 e. The number of rotatable bonds is 7. The number of hydrogen-bond acceptors (Lipinski definition) is 3. The van der Waals surface area contributed by atoms with E-state index in [4.69, 9.17) is 6.42 Å². The molecule has 96 valence electrons. The molecule has 1 saturated carbocycles. The lowest BCUT2D eigenvalue weighted by Gasteiger charge is -2.25. The minimum Gasteiger partial charge on any atom is -0.360 e. The fraction of sp³-hybridized carbons (Fsp3) is 0.533. The molecule has 3 heteroatoms. The lowest BCUT2D eigenvalue weighted by molar-refractivity contribution is 0.711. The van der Waals surface area contributed by atoms with Gasteiger partial charge in [0.25, 0.3) is 0 Å². The average molecular weight is 243 g/mol. The molecule has 18 heavy (non-hydrogen) atoms. The Kier molecular flexibility index (Phi) is 4.60. The van der Waals surface area contributed by atoms with E-state index in [1.54, 1.807) is 0 Å². The number of hydrogen-bond donors (Lipinski definition) is 1. The molecule has 0 bridgehead atoms. The molecule has 0 aliphatic heterocycles. The molecule has 1 aliphatic carbocycles. The standard InChI is InChI=1S/C15H21N3/c1-3-9-18(12-13-5-6-13)15-7-8-17-11-14(15)10-16-4-2/h1,7-8,11,13,16H,4-6,9-10,12H2,2H3. The minimum atomic E-state index is 0.680. The van der Waals surface area contributed by atoms with Crippen LogP contribution in [0.4, 0.5) is 5.69 Å². The Morgan fingerprint density at radius 2 is 2.39 bits per heavy atom. The zero-order valence-electron chi connectivity index (χ0n) is 11.0. The van der Waals surface area contributed by atoms with Crippen molar-refractivity contribution in [2.24, 2.45) is 5.92 Å². The van der Waals surface area contributed by atoms with Gasteiger partial charge in [0.1, 0.15) is 0 Å². The first-order chi connectivity index (χ1) is 8.85. The van der Waals surface area contributed by atoms with Crippen LogP contribution in [0.2, 0.25) is 0 Å². The molecule has 0 spiro atoms. The lowest BCUT2D eigenvalue weighted by Crippen LogP contribution is -2.28. The Labute approximate surface area is 110 Å². The number of pyridine rings is 1. The lowest BCUT2D eigenvalue weighted by atomic mass is 10.2. The fourth-order valence-corrected chi connectivity index (χ4v) is 2.09. The molecule has 0 radical (unpaired) electrons. The first-order valence-electron chi connectivity index (χ1n) is 6.67. The van der Waals surface area contributed by atoms with Crippen molar-refractivity contribution in [1.82, 2.24) is 10.3 Å². The van der Waals surface area contributed by atoms with Crippen LogP contribution in [-0.4, -0.2) is 24.6 Å². The summed E-state index contributed by atoms with van der Waals surface area (Å²) in [5.74, 6) is 3.60. The van der Waals surface area contributed by atoms with Crippen LogP contribution >= 0.6 is 0 Å². The maximum atomic E-state index is 5.49. The highest BCUT2D eigenvalue weighted by molar-refractivity contribution is 5.53. The predicted molar refractivity (Wildman–Crippen MR) is 75.4 cm³/mol. The summed E-state index contributed by atoms with van der Waals surface area (Å²) < 4.78 is 0. The van der Waals surface area contributed by atoms with E-state index in [0.717, 1.165) is 25.6 Å². The van der Waals surface area contributed by atoms with Crippen molar-refractivity contribution < 1.29 is 0 Å². The first kappa shape index (κ1) is 12.9. The third kappa shape index (κ3) is 3.48. The number of terminal acetylenes is 1. The van der Waals surface area contributed by atoms with Crippen LogP contribution in [0.3, 0.4) is 0 Å². The van der Waals surface area contributed by atoms with Crippen LogP contribution < -0.4 is 10.2 Å². The molecule has 1 heterocycles. The van der Waals surface area contributed by atoms with E-state index in [-0.39, 0.29) is 0 Å². The Morgan fingerprint density at radius 1 is 1.56 bits per heavy atom. The largest absolute Gasteiger partial charge is 0.360 e. The highest BCUT2D eigenvalue weighted by Gasteiger charge is 2.25. The van der Waals surface area contributed by atoms with Crippen LogP contribution in [0.15, 0.2) is 18.5 Å². The third-order valence-electron chi connectivity index (χ3n) is 3.24. The van der Waals surface area contributed by atoms with Gasteiger partial charge in [0.15, 0.2) is 0 Å². The van der Waals surface area contributed by atoms with Crippen molar-refractivity contribution in [2.45, 2.75) is 26.3 Å². The van der Waals surface area contributed by atoms with Gasteiger partial charge >= 0.3 is 0 Å². The molecule has 0 aromatic carbocycles. The van der Waals surface area contributed by atoms with Gasteiger partial charge in [0.05, 0.1) is 6.54 Å². The normalized spacial score (nSPS) is 14.2. The summed E-state index contributed by atoms with van der Waals surface area (Å²) in [5.41, 5.74) is 2.46. The Bertz CT molecular complexity index is 418. The Hall–Kier alpha value is -1.53. The van der Waals surface area contributed by atoms with E-state index in [1.165, 1.54) is 24.1 Å². The zero-order chi connectivity index (χ0) is 12.8. The van der Waals surface area contributed by atoms with Crippen molar-refractivity contribution in [2.75, 3.05) is 24.5 Å². The van der Waals surface area contributed by atoms with Crippen LogP contribution in [0.1, 0.15) is 25.3 Å². The van der Waals surface area contributed by atoms with Crippen molar-refractivity contribution in [3.8, 4) is 12.3 Å². The van der Waals surface area contributed by atoms with Crippen molar-refractivity contribution >= 4 is 5.69 Å². The van der Waals surface area contributed by atoms with Gasteiger partial charge in [-0.1, -0.05) is 12.8 Å². The fourth-order valence-electron chi connectivity index (χ4n) is 2.09. The maximum Gasteiger partial charge on any atom is 0.0791 e. The molecule has 0 amide bonds. The maximum absolute atomic E-state index is 5.49. The van der Waals surface area contributed by atoms with Gasteiger partial charge in [-0.25, -0.2) is 0 Å². The SMILES string of the molecule is C#CCN(CC1CC1)c1ccncc1CNCC. The summed E-state index contributed by atoms with van der Waals surface area (Å²) in [7, 11) is 0. The quantitative estimate of drug-likeness (QED) is 0.743. The second kappa shape index (κ2) is 6.42. The van der Waals surface area contributed by atoms with Gasteiger partial charge in [-0.15, -0.1) is 6.42 Å². The first-order valence-corrected chi connectivity index (χ1v) is 6.67. The van der Waals surface area contributed by atoms with Crippen molar-refractivity contribution in [3.05, 3.63) is 24.0 Å². The van der Waals surface area contributed by atoms with Crippen LogP contribution in [0.25, 0.3) is 0 Å². The topological polar surface area (TPSA) is 28.2 Å². The highest BCUT2D eigenvalue weighted by Crippen LogP contribution is 2.32. The molecule has 0 saturated heterocycles. The number of nitrogens with zero attached hydrogens (tertiary/aromatic N) is 2. The molecule has 1 aromatic rings. The molecule has 1 aromatic heterocycles. The summed E-state index contributed by atoms with van der Waals surface area (Å²) >= 11 is 0. The molecule has 0 atom stereocenters. The van der Waals surface area contributed by atoms with Crippen molar-refractivity contribution in [1.29, 1.82) is 0 Å². The average Bonchev–Trinajstić information content (AvgIpc) is 3.20. The molecule has 1 aliphatic rings. The molecule has 0 unspecified atom stereocenters. The molecule has 1 N–H and O–H groups in total. The number of anilines is 1. The molecule has 2 rings (SSSR count). The third-order valence-corrected chi connectivity index (χ3v) is 3.24. The summed E-state index contributed by atoms with van der Waals surface area (Å²) in [6, 6.07) is 2.08. The highest BCUT2D eigenvalue weighted by atomic mass is 15.1. The summed E-state index contributed by atoms with van der Waals surface area (Å²) in [6.07, 6.45) is 12.0. The van der Waals surface area contributed by atoms with Gasteiger partial charge in [-0.2, -0.15) is 0 Å². The van der Waals surface area contributed by atoms with Gasteiger partial charge in [0, 0.05) is 36.7 Å². The van der Waals surface area contributed by atoms with E-state index in [0.29, 0.717) is 6.54 Å². The van der Waals surface area contributed by atoms with Crippen LogP contribution in [-0.2, 0) is 6.54 Å². The number of aromatic nitrogens is 1. The van der Waals surface area contributed by atoms with Gasteiger partial charge < -0.3 is 10.2 Å². The van der Waals surface area contributed by atoms with Gasteiger partial charge in [0.2, 0.25) is 0 Å². The van der Waals surface area contributed by atoms with Gasteiger partial charge in [-0.05, 0) is 31.4 Å². The van der Waals surface area contributed by atoms with E-state index < -0.39 is 0 Å². The van der Waals surface area contributed by atoms with Crippen LogP contribution in [0.5, 0.6) is 0 Å². The van der Waals surface area contributed by atoms with Crippen LogP contribution in [0, 0.1) is 18.3 Å². The Morgan fingerprint density at radius 3 is 3.06 bits per heavy atom. The summed E-state index contributed by atoms with van der Waals surface area (Å²) in [5, 5.41) is 3.35. The number of nitrogens with one attached hydrogen (secondary N) is 1. The molecule has 1 fully saturated rings. The summed E-state index contributed by atoms with van der Waals surface area (Å²) in [4.78, 5) is 6.53.